The van der Waals surface area contributed by atoms with Crippen molar-refractivity contribution in [2.45, 2.75) is 11.1 Å². The summed E-state index contributed by atoms with van der Waals surface area (Å²) < 4.78 is 65.1. The van der Waals surface area contributed by atoms with Crippen LogP contribution in [0.25, 0.3) is 0 Å². The summed E-state index contributed by atoms with van der Waals surface area (Å²) in [6.45, 7) is 0.148. The Hall–Kier alpha value is -1.77. The van der Waals surface area contributed by atoms with Gasteiger partial charge in [0.05, 0.1) is 29.2 Å². The average Bonchev–Trinajstić information content (AvgIpc) is 2.52. The van der Waals surface area contributed by atoms with E-state index in [1.807, 2.05) is 0 Å². The van der Waals surface area contributed by atoms with Crippen molar-refractivity contribution < 1.29 is 27.3 Å². The number of halogens is 4. The molecule has 0 saturated heterocycles. The molecule has 0 atom stereocenters. The van der Waals surface area contributed by atoms with Crippen LogP contribution in [0.2, 0.25) is 5.02 Å². The quantitative estimate of drug-likeness (QED) is 0.868. The lowest BCUT2D eigenvalue weighted by molar-refractivity contribution is -0.363. The van der Waals surface area contributed by atoms with Gasteiger partial charge in [-0.25, -0.2) is 8.42 Å². The molecule has 3 N–H and O–H groups in total. The second kappa shape index (κ2) is 7.00. The zero-order valence-corrected chi connectivity index (χ0v) is 14.0. The fraction of sp³-hybridized carbons (Fsp3) is 0.200. The van der Waals surface area contributed by atoms with Gasteiger partial charge in [-0.05, 0) is 42.5 Å². The summed E-state index contributed by atoms with van der Waals surface area (Å²) in [5, 5.41) is 0.358. The molecule has 0 fully saturated rings. The van der Waals surface area contributed by atoms with Gasteiger partial charge in [0.15, 0.2) is 0 Å². The zero-order chi connectivity index (χ0) is 18.0. The normalized spacial score (nSPS) is 12.2. The summed E-state index contributed by atoms with van der Waals surface area (Å²) >= 11 is 5.75. The van der Waals surface area contributed by atoms with Gasteiger partial charge in [-0.2, -0.15) is 13.2 Å². The Labute approximate surface area is 142 Å². The summed E-state index contributed by atoms with van der Waals surface area (Å²) in [5.74, 6) is 0. The molecule has 0 aliphatic rings. The van der Waals surface area contributed by atoms with Crippen LogP contribution < -0.4 is 10.0 Å². The van der Waals surface area contributed by atoms with Crippen molar-refractivity contribution in [2.75, 3.05) is 17.4 Å². The third-order valence-corrected chi connectivity index (χ3v) is 5.32. The molecule has 0 spiro atoms. The molecule has 0 heterocycles. The Balaban J connectivity index is 2.51. The van der Waals surface area contributed by atoms with Gasteiger partial charge in [0, 0.05) is 5.02 Å². The van der Waals surface area contributed by atoms with Crippen molar-refractivity contribution >= 4 is 27.3 Å². The smallest absolute Gasteiger partial charge is 0.356 e. The third kappa shape index (κ3) is 4.00. The molecule has 0 aliphatic carbocycles. The summed E-state index contributed by atoms with van der Waals surface area (Å²) in [6, 6.07) is 9.61. The van der Waals surface area contributed by atoms with Gasteiger partial charge >= 0.3 is 6.18 Å². The summed E-state index contributed by atoms with van der Waals surface area (Å²) in [6.07, 6.45) is -4.56. The highest BCUT2D eigenvalue weighted by Crippen LogP contribution is 2.33. The molecule has 0 unspecified atom stereocenters. The first-order valence-corrected chi connectivity index (χ1v) is 8.73. The molecule has 24 heavy (non-hydrogen) atoms. The number of benzene rings is 2. The van der Waals surface area contributed by atoms with Crippen LogP contribution in [0, 0.1) is 0 Å². The van der Waals surface area contributed by atoms with Crippen LogP contribution in [0.4, 0.5) is 18.9 Å². The monoisotopic (exact) mass is 379 g/mol. The molecule has 0 saturated carbocycles. The van der Waals surface area contributed by atoms with Crippen LogP contribution >= 0.6 is 11.6 Å². The van der Waals surface area contributed by atoms with Gasteiger partial charge < -0.3 is 5.73 Å². The van der Waals surface area contributed by atoms with Crippen LogP contribution in [-0.2, 0) is 16.2 Å². The molecule has 130 valence electrons. The Kier molecular flexibility index (Phi) is 5.42. The van der Waals surface area contributed by atoms with E-state index in [0.29, 0.717) is 5.02 Å². The predicted octanol–water partition coefficient (Wildman–Crippen LogP) is 2.80. The molecular weight excluding hydrogens is 365 g/mol. The highest BCUT2D eigenvalue weighted by Gasteiger charge is 2.32. The van der Waals surface area contributed by atoms with Crippen molar-refractivity contribution in [3.05, 3.63) is 59.1 Å². The number of nitrogens with zero attached hydrogens (tertiary/aromatic N) is 1. The van der Waals surface area contributed by atoms with Crippen LogP contribution in [0.5, 0.6) is 0 Å². The third-order valence-electron chi connectivity index (χ3n) is 3.22. The number of rotatable bonds is 5. The molecule has 2 aromatic rings. The van der Waals surface area contributed by atoms with Gasteiger partial charge in [-0.1, -0.05) is 17.7 Å². The topological polar surface area (TPSA) is 65.0 Å². The molecule has 0 amide bonds. The fourth-order valence-electron chi connectivity index (χ4n) is 2.10. The first kappa shape index (κ1) is 18.6. The summed E-state index contributed by atoms with van der Waals surface area (Å²) in [7, 11) is -4.03. The predicted molar refractivity (Wildman–Crippen MR) is 85.2 cm³/mol. The number of alkyl halides is 3. The Morgan fingerprint density at radius 3 is 2.25 bits per heavy atom. The fourth-order valence-corrected chi connectivity index (χ4v) is 3.72. The summed E-state index contributed by atoms with van der Waals surface area (Å²) in [4.78, 5) is -0.0576. The maximum absolute atomic E-state index is 12.9. The minimum absolute atomic E-state index is 0.0493. The lowest BCUT2D eigenvalue weighted by Crippen LogP contribution is -2.55. The summed E-state index contributed by atoms with van der Waals surface area (Å²) in [5.41, 5.74) is 2.61. The van der Waals surface area contributed by atoms with Crippen LogP contribution in [0.15, 0.2) is 53.4 Å². The maximum Gasteiger partial charge on any atom is 0.416 e. The van der Waals surface area contributed by atoms with Crippen molar-refractivity contribution in [3.8, 4) is 0 Å². The minimum Gasteiger partial charge on any atom is -0.356 e. The second-order valence-electron chi connectivity index (χ2n) is 4.93. The van der Waals surface area contributed by atoms with Crippen LogP contribution in [-0.4, -0.2) is 21.5 Å². The zero-order valence-electron chi connectivity index (χ0n) is 12.4. The Bertz CT molecular complexity index is 808. The SMILES string of the molecule is [NH3+]CCN(c1cccc(C(F)(F)F)c1)S(=O)(=O)c1ccc(Cl)cc1. The van der Waals surface area contributed by atoms with E-state index in [2.05, 4.69) is 5.73 Å². The molecule has 2 rings (SSSR count). The van der Waals surface area contributed by atoms with Gasteiger partial charge in [0.2, 0.25) is 0 Å². The Morgan fingerprint density at radius 2 is 1.71 bits per heavy atom. The van der Waals surface area contributed by atoms with Gasteiger partial charge in [-0.3, -0.25) is 4.31 Å². The first-order chi connectivity index (χ1) is 11.2. The second-order valence-corrected chi connectivity index (χ2v) is 7.23. The van der Waals surface area contributed by atoms with Gasteiger partial charge in [-0.15, -0.1) is 0 Å². The largest absolute Gasteiger partial charge is 0.416 e. The highest BCUT2D eigenvalue weighted by atomic mass is 35.5. The van der Waals surface area contributed by atoms with E-state index in [-0.39, 0.29) is 23.7 Å². The molecule has 0 bridgehead atoms. The van der Waals surface area contributed by atoms with E-state index in [4.69, 9.17) is 11.6 Å². The molecule has 0 aliphatic heterocycles. The van der Waals surface area contributed by atoms with Gasteiger partial charge in [0.25, 0.3) is 10.0 Å². The first-order valence-electron chi connectivity index (χ1n) is 6.91. The number of anilines is 1. The van der Waals surface area contributed by atoms with E-state index in [1.54, 1.807) is 0 Å². The van der Waals surface area contributed by atoms with Crippen LogP contribution in [0.1, 0.15) is 5.56 Å². The number of hydrogen-bond acceptors (Lipinski definition) is 2. The molecule has 0 radical (unpaired) electrons. The van der Waals surface area contributed by atoms with E-state index in [0.717, 1.165) is 16.4 Å². The highest BCUT2D eigenvalue weighted by molar-refractivity contribution is 7.92. The van der Waals surface area contributed by atoms with Crippen LogP contribution in [0.3, 0.4) is 0 Å². The van der Waals surface area contributed by atoms with Crippen molar-refractivity contribution in [3.63, 3.8) is 0 Å². The van der Waals surface area contributed by atoms with E-state index in [1.165, 1.54) is 36.4 Å². The molecule has 4 nitrogen and oxygen atoms in total. The molecule has 9 heteroatoms. The standard InChI is InChI=1S/C15H14ClF3N2O2S/c16-12-4-6-14(7-5-12)24(22,23)21(9-8-20)13-3-1-2-11(10-13)15(17,18)19/h1-7,10H,8-9,20H2/p+1. The maximum atomic E-state index is 12.9. The average molecular weight is 380 g/mol. The van der Waals surface area contributed by atoms with E-state index < -0.39 is 21.8 Å². The van der Waals surface area contributed by atoms with E-state index >= 15 is 0 Å². The molecule has 0 aromatic heterocycles. The van der Waals surface area contributed by atoms with Crippen molar-refractivity contribution in [2.24, 2.45) is 0 Å². The molecule has 2 aromatic carbocycles. The van der Waals surface area contributed by atoms with Gasteiger partial charge in [0.1, 0.15) is 0 Å². The Morgan fingerprint density at radius 1 is 1.08 bits per heavy atom. The van der Waals surface area contributed by atoms with Crippen molar-refractivity contribution in [1.29, 1.82) is 0 Å². The number of sulfonamides is 1. The minimum atomic E-state index is -4.56. The van der Waals surface area contributed by atoms with E-state index in [9.17, 15) is 21.6 Å². The van der Waals surface area contributed by atoms with Crippen molar-refractivity contribution in [1.82, 2.24) is 0 Å². The number of quaternary nitrogens is 1. The number of hydrogen-bond donors (Lipinski definition) is 1. The lowest BCUT2D eigenvalue weighted by Gasteiger charge is -2.24. The molecular formula is C15H15ClF3N2O2S+. The lowest BCUT2D eigenvalue weighted by atomic mass is 10.2.